The smallest absolute Gasteiger partial charge is 0.0576 e. The van der Waals surface area contributed by atoms with Crippen molar-refractivity contribution in [2.24, 2.45) is 5.41 Å². The topological polar surface area (TPSA) is 21.3 Å². The van der Waals surface area contributed by atoms with E-state index in [0.29, 0.717) is 11.5 Å². The SMILES string of the molecule is CNCC1(CCC2CCCO2)CCC1. The second-order valence-corrected chi connectivity index (χ2v) is 5.06. The Hall–Kier alpha value is -0.0800. The molecule has 1 unspecified atom stereocenters. The minimum absolute atomic E-state index is 0.587. The van der Waals surface area contributed by atoms with Crippen LogP contribution in [0, 0.1) is 5.41 Å². The van der Waals surface area contributed by atoms with Crippen LogP contribution in [0.15, 0.2) is 0 Å². The van der Waals surface area contributed by atoms with Crippen molar-refractivity contribution < 1.29 is 4.74 Å². The second kappa shape index (κ2) is 4.63. The summed E-state index contributed by atoms with van der Waals surface area (Å²) in [7, 11) is 2.08. The fraction of sp³-hybridized carbons (Fsp3) is 1.00. The van der Waals surface area contributed by atoms with Crippen LogP contribution >= 0.6 is 0 Å². The van der Waals surface area contributed by atoms with Gasteiger partial charge in [0, 0.05) is 13.2 Å². The first-order valence-electron chi connectivity index (χ1n) is 6.11. The molecule has 2 heteroatoms. The predicted octanol–water partition coefficient (Wildman–Crippen LogP) is 2.34. The highest BCUT2D eigenvalue weighted by atomic mass is 16.5. The van der Waals surface area contributed by atoms with Gasteiger partial charge in [-0.1, -0.05) is 6.42 Å². The zero-order valence-corrected chi connectivity index (χ0v) is 9.35. The molecule has 0 bridgehead atoms. The van der Waals surface area contributed by atoms with Gasteiger partial charge in [-0.05, 0) is 51.0 Å². The van der Waals surface area contributed by atoms with E-state index in [1.54, 1.807) is 0 Å². The summed E-state index contributed by atoms with van der Waals surface area (Å²) >= 11 is 0. The zero-order chi connectivity index (χ0) is 9.86. The van der Waals surface area contributed by atoms with Crippen LogP contribution < -0.4 is 5.32 Å². The Kier molecular flexibility index (Phi) is 3.45. The first-order valence-corrected chi connectivity index (χ1v) is 6.11. The van der Waals surface area contributed by atoms with E-state index >= 15 is 0 Å². The Balaban J connectivity index is 1.71. The summed E-state index contributed by atoms with van der Waals surface area (Å²) in [4.78, 5) is 0. The van der Waals surface area contributed by atoms with E-state index < -0.39 is 0 Å². The van der Waals surface area contributed by atoms with Crippen molar-refractivity contribution in [1.29, 1.82) is 0 Å². The molecule has 1 aliphatic heterocycles. The Morgan fingerprint density at radius 2 is 2.21 bits per heavy atom. The molecule has 1 atom stereocenters. The molecular weight excluding hydrogens is 174 g/mol. The molecular formula is C12H23NO. The van der Waals surface area contributed by atoms with Crippen molar-refractivity contribution in [2.45, 2.75) is 51.0 Å². The maximum atomic E-state index is 5.67. The number of hydrogen-bond donors (Lipinski definition) is 1. The molecule has 1 saturated carbocycles. The fourth-order valence-corrected chi connectivity index (χ4v) is 2.91. The molecule has 14 heavy (non-hydrogen) atoms. The lowest BCUT2D eigenvalue weighted by Crippen LogP contribution is -2.39. The van der Waals surface area contributed by atoms with Crippen molar-refractivity contribution in [3.8, 4) is 0 Å². The van der Waals surface area contributed by atoms with Gasteiger partial charge in [-0.2, -0.15) is 0 Å². The Labute approximate surface area is 87.4 Å². The van der Waals surface area contributed by atoms with Gasteiger partial charge in [0.05, 0.1) is 6.10 Å². The van der Waals surface area contributed by atoms with Gasteiger partial charge in [0.2, 0.25) is 0 Å². The number of ether oxygens (including phenoxy) is 1. The molecule has 2 rings (SSSR count). The average molecular weight is 197 g/mol. The van der Waals surface area contributed by atoms with Crippen molar-refractivity contribution >= 4 is 0 Å². The number of rotatable bonds is 5. The Morgan fingerprint density at radius 1 is 1.36 bits per heavy atom. The molecule has 82 valence electrons. The minimum Gasteiger partial charge on any atom is -0.378 e. The summed E-state index contributed by atoms with van der Waals surface area (Å²) in [6.07, 6.45) is 10.1. The van der Waals surface area contributed by atoms with E-state index in [-0.39, 0.29) is 0 Å². The van der Waals surface area contributed by atoms with Crippen LogP contribution in [0.2, 0.25) is 0 Å². The van der Waals surface area contributed by atoms with Gasteiger partial charge in [-0.25, -0.2) is 0 Å². The molecule has 0 spiro atoms. The summed E-state index contributed by atoms with van der Waals surface area (Å²) in [5, 5.41) is 3.35. The number of nitrogens with one attached hydrogen (secondary N) is 1. The van der Waals surface area contributed by atoms with Crippen molar-refractivity contribution in [2.75, 3.05) is 20.2 Å². The van der Waals surface area contributed by atoms with Crippen molar-refractivity contribution in [1.82, 2.24) is 5.32 Å². The highest BCUT2D eigenvalue weighted by Crippen LogP contribution is 2.45. The Morgan fingerprint density at radius 3 is 2.71 bits per heavy atom. The summed E-state index contributed by atoms with van der Waals surface area (Å²) in [6.45, 7) is 2.21. The largest absolute Gasteiger partial charge is 0.378 e. The maximum absolute atomic E-state index is 5.67. The fourth-order valence-electron chi connectivity index (χ4n) is 2.91. The molecule has 2 fully saturated rings. The minimum atomic E-state index is 0.587. The molecule has 1 aliphatic carbocycles. The molecule has 0 aromatic rings. The highest BCUT2D eigenvalue weighted by molar-refractivity contribution is 4.90. The highest BCUT2D eigenvalue weighted by Gasteiger charge is 2.36. The summed E-state index contributed by atoms with van der Waals surface area (Å²) in [6, 6.07) is 0. The van der Waals surface area contributed by atoms with Crippen LogP contribution in [0.3, 0.4) is 0 Å². The number of hydrogen-bond acceptors (Lipinski definition) is 2. The zero-order valence-electron chi connectivity index (χ0n) is 9.35. The van der Waals surface area contributed by atoms with E-state index in [1.165, 1.54) is 51.5 Å². The van der Waals surface area contributed by atoms with E-state index in [1.807, 2.05) is 0 Å². The third-order valence-corrected chi connectivity index (χ3v) is 3.99. The lowest BCUT2D eigenvalue weighted by atomic mass is 9.65. The third-order valence-electron chi connectivity index (χ3n) is 3.99. The molecule has 0 aromatic carbocycles. The molecule has 0 aromatic heterocycles. The van der Waals surface area contributed by atoms with Gasteiger partial charge >= 0.3 is 0 Å². The van der Waals surface area contributed by atoms with Crippen LogP contribution in [0.5, 0.6) is 0 Å². The normalized spacial score (nSPS) is 30.2. The standard InChI is InChI=1S/C12H23NO/c1-13-10-12(6-3-7-12)8-5-11-4-2-9-14-11/h11,13H,2-10H2,1H3. The van der Waals surface area contributed by atoms with Crippen LogP contribution in [-0.2, 0) is 4.74 Å². The van der Waals surface area contributed by atoms with Crippen molar-refractivity contribution in [3.63, 3.8) is 0 Å². The Bertz CT molecular complexity index is 171. The van der Waals surface area contributed by atoms with Gasteiger partial charge in [0.25, 0.3) is 0 Å². The molecule has 0 radical (unpaired) electrons. The van der Waals surface area contributed by atoms with Gasteiger partial charge in [0.15, 0.2) is 0 Å². The second-order valence-electron chi connectivity index (χ2n) is 5.06. The first-order chi connectivity index (χ1) is 6.85. The average Bonchev–Trinajstić information content (AvgIpc) is 2.62. The lowest BCUT2D eigenvalue weighted by Gasteiger charge is -2.42. The van der Waals surface area contributed by atoms with Gasteiger partial charge in [-0.3, -0.25) is 0 Å². The van der Waals surface area contributed by atoms with E-state index in [0.717, 1.165) is 6.61 Å². The molecule has 2 nitrogen and oxygen atoms in total. The van der Waals surface area contributed by atoms with Gasteiger partial charge in [-0.15, -0.1) is 0 Å². The molecule has 1 heterocycles. The van der Waals surface area contributed by atoms with E-state index in [9.17, 15) is 0 Å². The lowest BCUT2D eigenvalue weighted by molar-refractivity contribution is 0.0605. The molecule has 1 N–H and O–H groups in total. The third kappa shape index (κ3) is 2.29. The quantitative estimate of drug-likeness (QED) is 0.730. The molecule has 2 aliphatic rings. The van der Waals surface area contributed by atoms with Crippen molar-refractivity contribution in [3.05, 3.63) is 0 Å². The first kappa shape index (κ1) is 10.4. The monoisotopic (exact) mass is 197 g/mol. The van der Waals surface area contributed by atoms with Crippen LogP contribution in [0.1, 0.15) is 44.9 Å². The van der Waals surface area contributed by atoms with Crippen LogP contribution in [0.25, 0.3) is 0 Å². The van der Waals surface area contributed by atoms with Gasteiger partial charge < -0.3 is 10.1 Å². The predicted molar refractivity (Wildman–Crippen MR) is 58.4 cm³/mol. The van der Waals surface area contributed by atoms with E-state index in [4.69, 9.17) is 4.74 Å². The maximum Gasteiger partial charge on any atom is 0.0576 e. The van der Waals surface area contributed by atoms with E-state index in [2.05, 4.69) is 12.4 Å². The molecule has 1 saturated heterocycles. The van der Waals surface area contributed by atoms with Crippen LogP contribution in [0.4, 0.5) is 0 Å². The summed E-state index contributed by atoms with van der Waals surface area (Å²) < 4.78 is 5.67. The molecule has 0 amide bonds. The van der Waals surface area contributed by atoms with Gasteiger partial charge in [0.1, 0.15) is 0 Å². The van der Waals surface area contributed by atoms with Crippen LogP contribution in [-0.4, -0.2) is 26.3 Å². The summed E-state index contributed by atoms with van der Waals surface area (Å²) in [5.74, 6) is 0. The summed E-state index contributed by atoms with van der Waals surface area (Å²) in [5.41, 5.74) is 0.640.